The number of rotatable bonds is 41. The molecule has 0 amide bonds. The van der Waals surface area contributed by atoms with Crippen molar-refractivity contribution in [2.45, 2.75) is 249 Å². The van der Waals surface area contributed by atoms with Crippen LogP contribution in [0.3, 0.4) is 0 Å². The zero-order valence-electron chi connectivity index (χ0n) is 37.8. The van der Waals surface area contributed by atoms with Crippen molar-refractivity contribution in [3.05, 3.63) is 24.3 Å². The van der Waals surface area contributed by atoms with Crippen LogP contribution in [-0.2, 0) is 27.9 Å². The molecular formula is C47H89O12P. The van der Waals surface area contributed by atoms with Crippen LogP contribution in [0.1, 0.15) is 206 Å². The summed E-state index contributed by atoms with van der Waals surface area (Å²) >= 11 is 0. The van der Waals surface area contributed by atoms with Crippen LogP contribution >= 0.6 is 7.82 Å². The minimum absolute atomic E-state index is 0.0795. The van der Waals surface area contributed by atoms with Crippen LogP contribution in [0.25, 0.3) is 0 Å². The number of carbonyl (C=O) groups is 1. The molecule has 12 nitrogen and oxygen atoms in total. The van der Waals surface area contributed by atoms with E-state index in [1.807, 2.05) is 0 Å². The fraction of sp³-hybridized carbons (Fsp3) is 0.894. The van der Waals surface area contributed by atoms with Gasteiger partial charge < -0.3 is 39.9 Å². The van der Waals surface area contributed by atoms with Crippen LogP contribution in [0.5, 0.6) is 0 Å². The number of unbranched alkanes of at least 4 members (excludes halogenated alkanes) is 25. The van der Waals surface area contributed by atoms with Crippen molar-refractivity contribution in [2.24, 2.45) is 0 Å². The number of phosphoric acid groups is 1. The molecule has 13 heteroatoms. The van der Waals surface area contributed by atoms with Gasteiger partial charge in [-0.2, -0.15) is 0 Å². The highest BCUT2D eigenvalue weighted by Crippen LogP contribution is 2.47. The van der Waals surface area contributed by atoms with E-state index in [2.05, 4.69) is 38.2 Å². The number of carbonyl (C=O) groups excluding carboxylic acids is 1. The van der Waals surface area contributed by atoms with E-state index < -0.39 is 63.1 Å². The molecule has 1 fully saturated rings. The molecule has 0 spiro atoms. The minimum atomic E-state index is -5.02. The number of aliphatic hydroxyl groups excluding tert-OH is 5. The summed E-state index contributed by atoms with van der Waals surface area (Å²) in [4.78, 5) is 23.2. The first kappa shape index (κ1) is 56.8. The Labute approximate surface area is 364 Å². The Hall–Kier alpha value is -1.18. The van der Waals surface area contributed by atoms with E-state index in [4.69, 9.17) is 18.5 Å². The first-order chi connectivity index (χ1) is 29.0. The van der Waals surface area contributed by atoms with Gasteiger partial charge in [0.15, 0.2) is 0 Å². The fourth-order valence-electron chi connectivity index (χ4n) is 7.40. The quantitative estimate of drug-likeness (QED) is 0.0148. The van der Waals surface area contributed by atoms with E-state index in [0.29, 0.717) is 13.0 Å². The van der Waals surface area contributed by atoms with Gasteiger partial charge in [0, 0.05) is 13.0 Å². The molecule has 0 aromatic carbocycles. The predicted octanol–water partition coefficient (Wildman–Crippen LogP) is 10.1. The zero-order chi connectivity index (χ0) is 44.1. The van der Waals surface area contributed by atoms with Crippen LogP contribution in [-0.4, -0.2) is 98.9 Å². The number of esters is 1. The number of phosphoric ester groups is 1. The summed E-state index contributed by atoms with van der Waals surface area (Å²) in [5.74, 6) is -0.485. The van der Waals surface area contributed by atoms with Gasteiger partial charge >= 0.3 is 13.8 Å². The van der Waals surface area contributed by atoms with Gasteiger partial charge in [0.25, 0.3) is 0 Å². The molecule has 1 saturated carbocycles. The third kappa shape index (κ3) is 30.0. The lowest BCUT2D eigenvalue weighted by molar-refractivity contribution is -0.220. The molecular weight excluding hydrogens is 787 g/mol. The number of ether oxygens (including phenoxy) is 2. The monoisotopic (exact) mass is 877 g/mol. The van der Waals surface area contributed by atoms with E-state index >= 15 is 0 Å². The van der Waals surface area contributed by atoms with Crippen LogP contribution in [0.2, 0.25) is 0 Å². The lowest BCUT2D eigenvalue weighted by atomic mass is 9.85. The van der Waals surface area contributed by atoms with Gasteiger partial charge in [-0.05, 0) is 64.2 Å². The Morgan fingerprint density at radius 2 is 0.883 bits per heavy atom. The second-order valence-electron chi connectivity index (χ2n) is 17.0. The van der Waals surface area contributed by atoms with E-state index in [0.717, 1.165) is 57.8 Å². The summed E-state index contributed by atoms with van der Waals surface area (Å²) in [6.45, 7) is 4.25. The van der Waals surface area contributed by atoms with Crippen molar-refractivity contribution in [3.63, 3.8) is 0 Å². The van der Waals surface area contributed by atoms with Crippen LogP contribution in [0, 0.1) is 0 Å². The van der Waals surface area contributed by atoms with E-state index in [-0.39, 0.29) is 13.0 Å². The topological polar surface area (TPSA) is 192 Å². The Kier molecular flexibility index (Phi) is 36.3. The summed E-state index contributed by atoms with van der Waals surface area (Å²) < 4.78 is 34.2. The predicted molar refractivity (Wildman–Crippen MR) is 240 cm³/mol. The minimum Gasteiger partial charge on any atom is -0.457 e. The molecule has 0 aliphatic heterocycles. The van der Waals surface area contributed by atoms with Crippen molar-refractivity contribution in [1.29, 1.82) is 0 Å². The van der Waals surface area contributed by atoms with E-state index in [9.17, 15) is 39.8 Å². The average molecular weight is 877 g/mol. The maximum absolute atomic E-state index is 12.8. The molecule has 354 valence electrons. The van der Waals surface area contributed by atoms with E-state index in [1.54, 1.807) is 0 Å². The van der Waals surface area contributed by atoms with Gasteiger partial charge in [0.1, 0.15) is 42.7 Å². The largest absolute Gasteiger partial charge is 0.472 e. The van der Waals surface area contributed by atoms with Crippen LogP contribution in [0.4, 0.5) is 0 Å². The van der Waals surface area contributed by atoms with Crippen LogP contribution < -0.4 is 0 Å². The molecule has 6 atom stereocenters. The fourth-order valence-corrected chi connectivity index (χ4v) is 8.38. The number of hydrogen-bond donors (Lipinski definition) is 6. The normalized spacial score (nSPS) is 22.5. The molecule has 6 unspecified atom stereocenters. The van der Waals surface area contributed by atoms with Crippen molar-refractivity contribution < 1.29 is 58.3 Å². The van der Waals surface area contributed by atoms with Crippen molar-refractivity contribution in [2.75, 3.05) is 19.8 Å². The van der Waals surface area contributed by atoms with Gasteiger partial charge in [-0.1, -0.05) is 160 Å². The second-order valence-corrected chi connectivity index (χ2v) is 18.4. The third-order valence-electron chi connectivity index (χ3n) is 11.3. The molecule has 0 radical (unpaired) electrons. The summed E-state index contributed by atoms with van der Waals surface area (Å²) in [5, 5.41) is 50.2. The zero-order valence-corrected chi connectivity index (χ0v) is 38.7. The molecule has 60 heavy (non-hydrogen) atoms. The molecule has 1 aliphatic carbocycles. The average Bonchev–Trinajstić information content (AvgIpc) is 3.23. The van der Waals surface area contributed by atoms with Crippen molar-refractivity contribution >= 4 is 13.8 Å². The first-order valence-electron chi connectivity index (χ1n) is 24.2. The summed E-state index contributed by atoms with van der Waals surface area (Å²) in [6.07, 6.45) is 31.0. The Bertz CT molecular complexity index is 1090. The Balaban J connectivity index is 2.38. The SMILES string of the molecule is CCCCCCCC/C=C\CCCCCCCCCCOCC(COP(=O)(O)OC1C(O)C(O)C(O)C(O)C1O)OC(=O)CCCCCCC/C=C\CCCCCCCC. The lowest BCUT2D eigenvalue weighted by Gasteiger charge is -2.41. The van der Waals surface area contributed by atoms with E-state index in [1.165, 1.54) is 122 Å². The standard InChI is InChI=1S/C47H89O12P/c1-3-5-7-9-11-13-15-17-19-20-21-23-25-27-29-31-33-35-37-56-38-40(39-57-60(54,55)59-47-45(52)43(50)42(49)44(51)46(47)53)58-41(48)36-34-32-30-28-26-24-22-18-16-14-12-10-8-6-4-2/h17-19,22,40,42-47,49-53H,3-16,20-21,23-39H2,1-2H3,(H,54,55)/b19-17-,22-18-. The maximum Gasteiger partial charge on any atom is 0.472 e. The molecule has 0 bridgehead atoms. The van der Waals surface area contributed by atoms with Gasteiger partial charge in [0.05, 0.1) is 13.2 Å². The molecule has 0 aromatic rings. The third-order valence-corrected chi connectivity index (χ3v) is 12.3. The second kappa shape index (κ2) is 38.3. The highest BCUT2D eigenvalue weighted by Gasteiger charge is 2.51. The maximum atomic E-state index is 12.8. The highest BCUT2D eigenvalue weighted by atomic mass is 31.2. The molecule has 0 aromatic heterocycles. The molecule has 6 N–H and O–H groups in total. The number of allylic oxidation sites excluding steroid dienone is 4. The van der Waals surface area contributed by atoms with Gasteiger partial charge in [-0.25, -0.2) is 4.57 Å². The smallest absolute Gasteiger partial charge is 0.457 e. The summed E-state index contributed by atoms with van der Waals surface area (Å²) in [6, 6.07) is 0. The van der Waals surface area contributed by atoms with Crippen molar-refractivity contribution in [3.8, 4) is 0 Å². The van der Waals surface area contributed by atoms with Gasteiger partial charge in [0.2, 0.25) is 0 Å². The molecule has 0 saturated heterocycles. The molecule has 1 aliphatic rings. The lowest BCUT2D eigenvalue weighted by Crippen LogP contribution is -2.64. The number of hydrogen-bond acceptors (Lipinski definition) is 11. The molecule has 0 heterocycles. The summed E-state index contributed by atoms with van der Waals surface area (Å²) in [7, 11) is -5.02. The van der Waals surface area contributed by atoms with Crippen molar-refractivity contribution in [1.82, 2.24) is 0 Å². The number of aliphatic hydroxyl groups is 5. The first-order valence-corrected chi connectivity index (χ1v) is 25.7. The molecule has 1 rings (SSSR count). The van der Waals surface area contributed by atoms with Crippen LogP contribution in [0.15, 0.2) is 24.3 Å². The Morgan fingerprint density at radius 1 is 0.517 bits per heavy atom. The summed E-state index contributed by atoms with van der Waals surface area (Å²) in [5.41, 5.74) is 0. The Morgan fingerprint density at radius 3 is 1.32 bits per heavy atom. The highest BCUT2D eigenvalue weighted by molar-refractivity contribution is 7.47. The van der Waals surface area contributed by atoms with Gasteiger partial charge in [-0.3, -0.25) is 13.8 Å². The van der Waals surface area contributed by atoms with Gasteiger partial charge in [-0.15, -0.1) is 0 Å².